The van der Waals surface area contributed by atoms with Crippen LogP contribution >= 0.6 is 0 Å². The number of ketones is 1. The highest BCUT2D eigenvalue weighted by atomic mass is 16.5. The molecule has 32 heavy (non-hydrogen) atoms. The molecule has 0 spiro atoms. The molecule has 3 rings (SSSR count). The smallest absolute Gasteiger partial charge is 0.340 e. The normalized spacial score (nSPS) is 11.0. The van der Waals surface area contributed by atoms with Gasteiger partial charge >= 0.3 is 17.6 Å². The highest BCUT2D eigenvalue weighted by Crippen LogP contribution is 2.20. The summed E-state index contributed by atoms with van der Waals surface area (Å²) >= 11 is 0. The highest BCUT2D eigenvalue weighted by molar-refractivity contribution is 6.02. The van der Waals surface area contributed by atoms with E-state index in [1.165, 1.54) is 4.57 Å². The Labute approximate surface area is 184 Å². The number of aromatic amines is 1. The van der Waals surface area contributed by atoms with E-state index in [1.807, 2.05) is 31.2 Å². The Hall–Kier alpha value is -3.62. The molecule has 0 aliphatic heterocycles. The number of benzene rings is 1. The van der Waals surface area contributed by atoms with Gasteiger partial charge in [0.1, 0.15) is 0 Å². The van der Waals surface area contributed by atoms with Crippen LogP contribution in [0.2, 0.25) is 0 Å². The minimum atomic E-state index is -0.592. The lowest BCUT2D eigenvalue weighted by atomic mass is 10.1. The lowest BCUT2D eigenvalue weighted by Gasteiger charge is -2.06. The Morgan fingerprint density at radius 3 is 2.28 bits per heavy atom. The first-order valence-corrected chi connectivity index (χ1v) is 10.5. The van der Waals surface area contributed by atoms with Gasteiger partial charge in [0.25, 0.3) is 0 Å². The molecule has 2 heterocycles. The Kier molecular flexibility index (Phi) is 6.97. The zero-order valence-electron chi connectivity index (χ0n) is 18.7. The van der Waals surface area contributed by atoms with Crippen LogP contribution in [0.25, 0.3) is 11.0 Å². The number of fused-ring (bicyclic) bond motifs is 1. The van der Waals surface area contributed by atoms with Crippen molar-refractivity contribution in [2.45, 2.75) is 47.2 Å². The number of hydrogen-bond acceptors (Lipinski definition) is 6. The van der Waals surface area contributed by atoms with E-state index >= 15 is 0 Å². The molecule has 1 N–H and O–H groups in total. The summed E-state index contributed by atoms with van der Waals surface area (Å²) in [6, 6.07) is 7.38. The van der Waals surface area contributed by atoms with Gasteiger partial charge in [-0.25, -0.2) is 9.59 Å². The molecule has 0 saturated carbocycles. The van der Waals surface area contributed by atoms with Gasteiger partial charge in [0, 0.05) is 18.8 Å². The molecule has 0 amide bonds. The molecule has 0 unspecified atom stereocenters. The molecule has 3 aromatic rings. The van der Waals surface area contributed by atoms with Crippen molar-refractivity contribution in [3.63, 3.8) is 0 Å². The summed E-state index contributed by atoms with van der Waals surface area (Å²) in [7, 11) is 0. The van der Waals surface area contributed by atoms with Crippen LogP contribution in [-0.2, 0) is 27.4 Å². The van der Waals surface area contributed by atoms with Crippen LogP contribution in [0.15, 0.2) is 29.1 Å². The van der Waals surface area contributed by atoms with Crippen LogP contribution in [0.5, 0.6) is 0 Å². The fourth-order valence-corrected chi connectivity index (χ4v) is 3.83. The number of aryl methyl sites for hydroxylation is 3. The third-order valence-corrected chi connectivity index (χ3v) is 5.34. The van der Waals surface area contributed by atoms with Crippen LogP contribution in [-0.4, -0.2) is 45.1 Å². The van der Waals surface area contributed by atoms with Gasteiger partial charge in [-0.15, -0.1) is 0 Å². The minimum absolute atomic E-state index is 0.0538. The van der Waals surface area contributed by atoms with E-state index in [1.54, 1.807) is 25.3 Å². The van der Waals surface area contributed by atoms with E-state index in [2.05, 4.69) is 4.98 Å². The van der Waals surface area contributed by atoms with Crippen molar-refractivity contribution < 1.29 is 23.9 Å². The van der Waals surface area contributed by atoms with E-state index in [4.69, 9.17) is 9.47 Å². The number of aromatic nitrogens is 3. The van der Waals surface area contributed by atoms with Crippen molar-refractivity contribution in [3.8, 4) is 0 Å². The van der Waals surface area contributed by atoms with Gasteiger partial charge in [-0.1, -0.05) is 12.1 Å². The molecule has 1 aromatic carbocycles. The molecule has 0 radical (unpaired) electrons. The van der Waals surface area contributed by atoms with E-state index in [-0.39, 0.29) is 31.0 Å². The van der Waals surface area contributed by atoms with Gasteiger partial charge in [0.15, 0.2) is 6.61 Å². The summed E-state index contributed by atoms with van der Waals surface area (Å²) in [6.45, 7) is 7.33. The molecule has 9 nitrogen and oxygen atoms in total. The van der Waals surface area contributed by atoms with Crippen LogP contribution in [0.4, 0.5) is 0 Å². The van der Waals surface area contributed by atoms with Gasteiger partial charge in [-0.3, -0.25) is 18.7 Å². The first kappa shape index (κ1) is 23.1. The van der Waals surface area contributed by atoms with Gasteiger partial charge in [-0.2, -0.15) is 0 Å². The van der Waals surface area contributed by atoms with Crippen molar-refractivity contribution in [1.82, 2.24) is 14.1 Å². The van der Waals surface area contributed by atoms with Crippen molar-refractivity contribution in [2.24, 2.45) is 0 Å². The largest absolute Gasteiger partial charge is 0.462 e. The third-order valence-electron chi connectivity index (χ3n) is 5.34. The maximum atomic E-state index is 12.6. The summed E-state index contributed by atoms with van der Waals surface area (Å²) in [5, 5.41) is 0. The number of rotatable bonds is 9. The number of H-pyrrole nitrogens is 1. The quantitative estimate of drug-likeness (QED) is 0.404. The molecule has 0 atom stereocenters. The number of ether oxygens (including phenoxy) is 2. The molecular formula is C23H27N3O6. The van der Waals surface area contributed by atoms with E-state index in [9.17, 15) is 19.2 Å². The van der Waals surface area contributed by atoms with Gasteiger partial charge in [0.05, 0.1) is 35.3 Å². The monoisotopic (exact) mass is 441 g/mol. The number of hydrogen-bond donors (Lipinski definition) is 1. The number of imidazole rings is 1. The van der Waals surface area contributed by atoms with Crippen LogP contribution in [0.3, 0.4) is 0 Å². The summed E-state index contributed by atoms with van der Waals surface area (Å²) in [5.41, 5.74) is 2.85. The molecule has 2 aromatic heterocycles. The number of Topliss-reactive ketones (excluding diaryl/α,β-unsaturated/α-hetero) is 1. The maximum Gasteiger partial charge on any atom is 0.340 e. The Morgan fingerprint density at radius 2 is 1.66 bits per heavy atom. The summed E-state index contributed by atoms with van der Waals surface area (Å²) in [5.74, 6) is -1.55. The molecule has 9 heteroatoms. The van der Waals surface area contributed by atoms with Crippen molar-refractivity contribution in [3.05, 3.63) is 57.3 Å². The lowest BCUT2D eigenvalue weighted by molar-refractivity contribution is -0.142. The second kappa shape index (κ2) is 9.67. The highest BCUT2D eigenvalue weighted by Gasteiger charge is 2.23. The fourth-order valence-electron chi connectivity index (χ4n) is 3.83. The number of para-hydroxylation sites is 2. The molecule has 0 aliphatic rings. The van der Waals surface area contributed by atoms with Gasteiger partial charge < -0.3 is 14.5 Å². The third kappa shape index (κ3) is 4.37. The van der Waals surface area contributed by atoms with Crippen molar-refractivity contribution in [1.29, 1.82) is 0 Å². The van der Waals surface area contributed by atoms with Crippen LogP contribution in [0, 0.1) is 13.8 Å². The standard InChI is InChI=1S/C23H27N3O6/c1-5-25-16-9-7-8-10-17(16)26(23(25)30)12-11-19(28)32-13-18(27)21-14(3)20(15(4)24-21)22(29)31-6-2/h7-10,24H,5-6,11-13H2,1-4H3. The van der Waals surface area contributed by atoms with E-state index < -0.39 is 24.3 Å². The van der Waals surface area contributed by atoms with Crippen LogP contribution < -0.4 is 5.69 Å². The topological polar surface area (TPSA) is 112 Å². The number of carbonyl (C=O) groups excluding carboxylic acids is 3. The summed E-state index contributed by atoms with van der Waals surface area (Å²) in [6.07, 6.45) is -0.0538. The van der Waals surface area contributed by atoms with Gasteiger partial charge in [-0.05, 0) is 45.4 Å². The molecule has 0 bridgehead atoms. The number of carbonyl (C=O) groups is 3. The van der Waals surface area contributed by atoms with E-state index in [0.717, 1.165) is 11.0 Å². The minimum Gasteiger partial charge on any atom is -0.462 e. The Bertz CT molecular complexity index is 1230. The second-order valence-corrected chi connectivity index (χ2v) is 7.35. The second-order valence-electron chi connectivity index (χ2n) is 7.35. The van der Waals surface area contributed by atoms with Gasteiger partial charge in [0.2, 0.25) is 5.78 Å². The number of nitrogens with one attached hydrogen (secondary N) is 1. The van der Waals surface area contributed by atoms with Crippen LogP contribution in [0.1, 0.15) is 52.4 Å². The zero-order chi connectivity index (χ0) is 23.4. The molecule has 0 fully saturated rings. The fraction of sp³-hybridized carbons (Fsp3) is 0.391. The predicted octanol–water partition coefficient (Wildman–Crippen LogP) is 2.76. The average molecular weight is 441 g/mol. The molecular weight excluding hydrogens is 414 g/mol. The average Bonchev–Trinajstić information content (AvgIpc) is 3.22. The maximum absolute atomic E-state index is 12.6. The zero-order valence-corrected chi connectivity index (χ0v) is 18.7. The van der Waals surface area contributed by atoms with Crippen molar-refractivity contribution >= 4 is 28.8 Å². The number of nitrogens with zero attached hydrogens (tertiary/aromatic N) is 2. The number of esters is 2. The Morgan fingerprint density at radius 1 is 1.00 bits per heavy atom. The Balaban J connectivity index is 1.64. The first-order chi connectivity index (χ1) is 15.3. The van der Waals surface area contributed by atoms with E-state index in [0.29, 0.717) is 23.4 Å². The lowest BCUT2D eigenvalue weighted by Crippen LogP contribution is -2.25. The summed E-state index contributed by atoms with van der Waals surface area (Å²) in [4.78, 5) is 52.4. The predicted molar refractivity (Wildman–Crippen MR) is 118 cm³/mol. The van der Waals surface area contributed by atoms with Crippen molar-refractivity contribution in [2.75, 3.05) is 13.2 Å². The summed E-state index contributed by atoms with van der Waals surface area (Å²) < 4.78 is 13.3. The molecule has 0 aliphatic carbocycles. The first-order valence-electron chi connectivity index (χ1n) is 10.5. The molecule has 0 saturated heterocycles. The molecule has 170 valence electrons. The SMILES string of the molecule is CCOC(=O)c1c(C)[nH]c(C(=O)COC(=O)CCn2c(=O)n(CC)c3ccccc32)c1C.